The van der Waals surface area contributed by atoms with Gasteiger partial charge in [-0.2, -0.15) is 0 Å². The fourth-order valence-corrected chi connectivity index (χ4v) is 6.92. The van der Waals surface area contributed by atoms with Gasteiger partial charge in [0.1, 0.15) is 0 Å². The summed E-state index contributed by atoms with van der Waals surface area (Å²) in [6.45, 7) is 3.52. The van der Waals surface area contributed by atoms with Gasteiger partial charge in [0.15, 0.2) is 12.4 Å². The van der Waals surface area contributed by atoms with Gasteiger partial charge in [-0.3, -0.25) is 24.1 Å². The second kappa shape index (κ2) is 8.19. The second-order valence-electron chi connectivity index (χ2n) is 8.46. The molecule has 1 heterocycles. The van der Waals surface area contributed by atoms with Gasteiger partial charge in [0, 0.05) is 21.8 Å². The van der Waals surface area contributed by atoms with E-state index < -0.39 is 5.97 Å². The molecule has 30 heavy (non-hydrogen) atoms. The minimum Gasteiger partial charge on any atom is -0.457 e. The Labute approximate surface area is 192 Å². The number of benzene rings is 1. The Morgan fingerprint density at radius 3 is 2.20 bits per heavy atom. The minimum absolute atomic E-state index is 0.000670. The standard InChI is InChI=1S/C22H23Br2NO5/c1-10-3-4-12(7-11(10)2)15(26)9-30-16(27)5-6-25-21(28)17-13-8-14(18(17)22(25)29)20(24)19(13)23/h3-4,7,13-14,17-20H,5-6,8-9H2,1-2H3/t13-,14-,17-,18-,19-,20+/m1/s1. The number of carbonyl (C=O) groups is 4. The third-order valence-corrected chi connectivity index (χ3v) is 10.0. The van der Waals surface area contributed by atoms with Crippen LogP contribution in [0.4, 0.5) is 0 Å². The molecule has 6 nitrogen and oxygen atoms in total. The van der Waals surface area contributed by atoms with Crippen molar-refractivity contribution in [2.45, 2.75) is 36.3 Å². The Balaban J connectivity index is 1.30. The number of likely N-dealkylation sites (tertiary alicyclic amines) is 1. The number of imide groups is 1. The van der Waals surface area contributed by atoms with Crippen molar-refractivity contribution in [1.82, 2.24) is 4.90 Å². The van der Waals surface area contributed by atoms with Crippen molar-refractivity contribution in [2.24, 2.45) is 23.7 Å². The van der Waals surface area contributed by atoms with Crippen molar-refractivity contribution >= 4 is 55.4 Å². The van der Waals surface area contributed by atoms with E-state index in [-0.39, 0.29) is 70.5 Å². The fraction of sp³-hybridized carbons (Fsp3) is 0.545. The van der Waals surface area contributed by atoms with Crippen LogP contribution in [0.2, 0.25) is 0 Å². The quantitative estimate of drug-likeness (QED) is 0.239. The van der Waals surface area contributed by atoms with Crippen LogP contribution in [0.15, 0.2) is 18.2 Å². The van der Waals surface area contributed by atoms with E-state index in [1.165, 1.54) is 4.90 Å². The van der Waals surface area contributed by atoms with E-state index in [1.807, 2.05) is 19.9 Å². The summed E-state index contributed by atoms with van der Waals surface area (Å²) in [5, 5.41) is 0. The summed E-state index contributed by atoms with van der Waals surface area (Å²) < 4.78 is 5.09. The molecule has 0 unspecified atom stereocenters. The average Bonchev–Trinajstić information content (AvgIpc) is 3.32. The smallest absolute Gasteiger partial charge is 0.308 e. The molecule has 8 heteroatoms. The monoisotopic (exact) mass is 539 g/mol. The van der Waals surface area contributed by atoms with Gasteiger partial charge < -0.3 is 4.74 Å². The molecule has 1 aromatic carbocycles. The number of esters is 1. The van der Waals surface area contributed by atoms with Gasteiger partial charge in [-0.25, -0.2) is 0 Å². The van der Waals surface area contributed by atoms with E-state index in [0.29, 0.717) is 5.56 Å². The number of carbonyl (C=O) groups excluding carboxylic acids is 4. The van der Waals surface area contributed by atoms with Crippen molar-refractivity contribution in [3.63, 3.8) is 0 Å². The molecular formula is C22H23Br2NO5. The lowest BCUT2D eigenvalue weighted by Gasteiger charge is -2.28. The van der Waals surface area contributed by atoms with E-state index in [4.69, 9.17) is 4.74 Å². The molecule has 6 atom stereocenters. The highest BCUT2D eigenvalue weighted by Crippen LogP contribution is 2.60. The van der Waals surface area contributed by atoms with Gasteiger partial charge in [0.05, 0.1) is 18.3 Å². The molecule has 3 fully saturated rings. The summed E-state index contributed by atoms with van der Waals surface area (Å²) in [6, 6.07) is 5.34. The lowest BCUT2D eigenvalue weighted by Crippen LogP contribution is -2.37. The number of nitrogens with zero attached hydrogens (tertiary/aromatic N) is 1. The molecule has 1 aliphatic heterocycles. The zero-order chi connectivity index (χ0) is 21.7. The molecule has 1 aromatic rings. The van der Waals surface area contributed by atoms with Crippen LogP contribution in [0.1, 0.15) is 34.3 Å². The SMILES string of the molecule is Cc1ccc(C(=O)COC(=O)CCN2C(=O)[C@@H]3[C@H]4C[C@@H]([C@@H](Br)[C@H]4Br)[C@H]3C2=O)cc1C. The predicted octanol–water partition coefficient (Wildman–Crippen LogP) is 3.20. The molecular weight excluding hydrogens is 518 g/mol. The van der Waals surface area contributed by atoms with Crippen LogP contribution in [-0.4, -0.2) is 51.3 Å². The predicted molar refractivity (Wildman–Crippen MR) is 117 cm³/mol. The number of halogens is 2. The highest BCUT2D eigenvalue weighted by Gasteiger charge is 2.66. The first-order valence-corrected chi connectivity index (χ1v) is 11.9. The molecule has 0 spiro atoms. The molecule has 0 radical (unpaired) electrons. The van der Waals surface area contributed by atoms with Crippen LogP contribution in [0.5, 0.6) is 0 Å². The third-order valence-electron chi connectivity index (χ3n) is 6.81. The zero-order valence-electron chi connectivity index (χ0n) is 16.8. The van der Waals surface area contributed by atoms with Gasteiger partial charge in [-0.05, 0) is 49.3 Å². The highest BCUT2D eigenvalue weighted by atomic mass is 79.9. The number of ether oxygens (including phenoxy) is 1. The van der Waals surface area contributed by atoms with Crippen molar-refractivity contribution < 1.29 is 23.9 Å². The van der Waals surface area contributed by atoms with Gasteiger partial charge in [-0.15, -0.1) is 0 Å². The second-order valence-corrected chi connectivity index (χ2v) is 10.6. The molecule has 4 rings (SSSR count). The maximum atomic E-state index is 12.8. The normalized spacial score (nSPS) is 31.9. The summed E-state index contributed by atoms with van der Waals surface area (Å²) in [6.07, 6.45) is 0.761. The molecule has 2 aliphatic carbocycles. The van der Waals surface area contributed by atoms with Crippen molar-refractivity contribution in [3.05, 3.63) is 34.9 Å². The Kier molecular flexibility index (Phi) is 5.92. The van der Waals surface area contributed by atoms with Crippen molar-refractivity contribution in [1.29, 1.82) is 0 Å². The molecule has 2 amide bonds. The van der Waals surface area contributed by atoms with E-state index >= 15 is 0 Å². The molecule has 2 bridgehead atoms. The van der Waals surface area contributed by atoms with Gasteiger partial charge in [0.2, 0.25) is 11.8 Å². The first-order chi connectivity index (χ1) is 14.2. The van der Waals surface area contributed by atoms with E-state index in [0.717, 1.165) is 17.5 Å². The topological polar surface area (TPSA) is 80.8 Å². The summed E-state index contributed by atoms with van der Waals surface area (Å²) in [5.41, 5.74) is 2.57. The fourth-order valence-electron chi connectivity index (χ4n) is 5.05. The number of rotatable bonds is 6. The van der Waals surface area contributed by atoms with E-state index in [2.05, 4.69) is 31.9 Å². The number of fused-ring (bicyclic) bond motifs is 5. The minimum atomic E-state index is -0.593. The lowest BCUT2D eigenvalue weighted by molar-refractivity contribution is -0.145. The first-order valence-electron chi connectivity index (χ1n) is 10.1. The van der Waals surface area contributed by atoms with Gasteiger partial charge in [0.25, 0.3) is 0 Å². The largest absolute Gasteiger partial charge is 0.457 e. The number of alkyl halides is 2. The Morgan fingerprint density at radius 1 is 1.03 bits per heavy atom. The number of hydrogen-bond donors (Lipinski definition) is 0. The summed E-state index contributed by atoms with van der Waals surface area (Å²) in [4.78, 5) is 51.6. The molecule has 1 saturated heterocycles. The maximum Gasteiger partial charge on any atom is 0.308 e. The van der Waals surface area contributed by atoms with Crippen LogP contribution in [0, 0.1) is 37.5 Å². The Bertz CT molecular complexity index is 900. The Morgan fingerprint density at radius 2 is 1.63 bits per heavy atom. The number of aryl methyl sites for hydroxylation is 2. The van der Waals surface area contributed by atoms with Crippen LogP contribution in [0.3, 0.4) is 0 Å². The molecule has 0 aromatic heterocycles. The number of Topliss-reactive ketones (excluding diaryl/α,β-unsaturated/α-hetero) is 1. The highest BCUT2D eigenvalue weighted by molar-refractivity contribution is 9.12. The maximum absolute atomic E-state index is 12.8. The Hall–Kier alpha value is -1.54. The van der Waals surface area contributed by atoms with E-state index in [1.54, 1.807) is 12.1 Å². The van der Waals surface area contributed by atoms with Gasteiger partial charge in [-0.1, -0.05) is 44.0 Å². The molecule has 160 valence electrons. The van der Waals surface area contributed by atoms with Crippen LogP contribution >= 0.6 is 31.9 Å². The zero-order valence-corrected chi connectivity index (χ0v) is 19.9. The summed E-state index contributed by atoms with van der Waals surface area (Å²) in [5.74, 6) is -1.52. The number of amides is 2. The van der Waals surface area contributed by atoms with Crippen LogP contribution in [-0.2, 0) is 19.1 Å². The molecule has 2 saturated carbocycles. The summed E-state index contributed by atoms with van der Waals surface area (Å²) in [7, 11) is 0. The van der Waals surface area contributed by atoms with E-state index in [9.17, 15) is 19.2 Å². The summed E-state index contributed by atoms with van der Waals surface area (Å²) >= 11 is 7.31. The molecule has 0 N–H and O–H groups in total. The van der Waals surface area contributed by atoms with Gasteiger partial charge >= 0.3 is 5.97 Å². The van der Waals surface area contributed by atoms with Crippen molar-refractivity contribution in [3.8, 4) is 0 Å². The van der Waals surface area contributed by atoms with Crippen molar-refractivity contribution in [2.75, 3.05) is 13.2 Å². The van der Waals surface area contributed by atoms with Crippen LogP contribution < -0.4 is 0 Å². The third kappa shape index (κ3) is 3.55. The average molecular weight is 541 g/mol. The number of hydrogen-bond acceptors (Lipinski definition) is 5. The number of ketones is 1. The van der Waals surface area contributed by atoms with Crippen LogP contribution in [0.25, 0.3) is 0 Å². The first kappa shape index (κ1) is 21.7. The molecule has 3 aliphatic rings. The lowest BCUT2D eigenvalue weighted by atomic mass is 9.81.